The van der Waals surface area contributed by atoms with Gasteiger partial charge in [-0.2, -0.15) is 0 Å². The van der Waals surface area contributed by atoms with Crippen LogP contribution in [0.2, 0.25) is 0 Å². The molecular weight excluding hydrogens is 408 g/mol. The van der Waals surface area contributed by atoms with Crippen LogP contribution in [0.15, 0.2) is 16.6 Å². The highest BCUT2D eigenvalue weighted by molar-refractivity contribution is 9.10. The number of fused-ring (bicyclic) bond motifs is 3. The maximum absolute atomic E-state index is 13.1. The Kier molecular flexibility index (Phi) is 5.44. The summed E-state index contributed by atoms with van der Waals surface area (Å²) < 4.78 is 36.9. The van der Waals surface area contributed by atoms with Gasteiger partial charge in [0.1, 0.15) is 11.3 Å². The van der Waals surface area contributed by atoms with Gasteiger partial charge in [0, 0.05) is 0 Å². The van der Waals surface area contributed by atoms with E-state index in [2.05, 4.69) is 15.9 Å². The second-order valence-corrected chi connectivity index (χ2v) is 10.0. The maximum atomic E-state index is 13.1. The van der Waals surface area contributed by atoms with E-state index in [9.17, 15) is 13.2 Å². The molecule has 138 valence electrons. The number of hydrogen-bond donors (Lipinski definition) is 0. The number of sulfone groups is 1. The molecule has 4 rings (SSSR count). The molecule has 25 heavy (non-hydrogen) atoms. The van der Waals surface area contributed by atoms with Crippen LogP contribution in [0, 0.1) is 11.8 Å². The van der Waals surface area contributed by atoms with E-state index in [0.717, 1.165) is 32.1 Å². The minimum Gasteiger partial charge on any atom is -0.495 e. The highest BCUT2D eigenvalue weighted by atomic mass is 79.9. The van der Waals surface area contributed by atoms with Crippen molar-refractivity contribution in [2.75, 3.05) is 14.2 Å². The molecule has 2 bridgehead atoms. The summed E-state index contributed by atoms with van der Waals surface area (Å²) in [6, 6.07) is 3.38. The normalized spacial score (nSPS) is 25.6. The summed E-state index contributed by atoms with van der Waals surface area (Å²) in [5.41, 5.74) is 0.622. The highest BCUT2D eigenvalue weighted by Gasteiger charge is 2.42. The quantitative estimate of drug-likeness (QED) is 0.665. The van der Waals surface area contributed by atoms with Crippen molar-refractivity contribution in [2.45, 2.75) is 43.1 Å². The fourth-order valence-electron chi connectivity index (χ4n) is 4.32. The molecule has 3 saturated carbocycles. The van der Waals surface area contributed by atoms with Crippen molar-refractivity contribution in [1.82, 2.24) is 0 Å². The maximum Gasteiger partial charge on any atom is 0.342 e. The second-order valence-electron chi connectivity index (χ2n) is 6.97. The molecule has 1 unspecified atom stereocenters. The number of hydrogen-bond acceptors (Lipinski definition) is 5. The molecular formula is C18H23BrO5S. The fourth-order valence-corrected chi connectivity index (χ4v) is 7.13. The van der Waals surface area contributed by atoms with Crippen molar-refractivity contribution in [1.29, 1.82) is 0 Å². The second kappa shape index (κ2) is 7.27. The van der Waals surface area contributed by atoms with E-state index in [0.29, 0.717) is 21.7 Å². The molecule has 3 fully saturated rings. The Bertz CT molecular complexity index is 766. The van der Waals surface area contributed by atoms with Crippen LogP contribution >= 0.6 is 15.9 Å². The van der Waals surface area contributed by atoms with Gasteiger partial charge in [-0.25, -0.2) is 13.2 Å². The standard InChI is InChI=1S/C18H23BrO5S/c1-23-17-14(19)8-7-13(16(17)18(20)24-2)10-25(21,22)15-9-11-3-5-12(15)6-4-11/h7-8,11-12,15H,3-6,9-10H2,1-2H3. The van der Waals surface area contributed by atoms with E-state index >= 15 is 0 Å². The largest absolute Gasteiger partial charge is 0.495 e. The van der Waals surface area contributed by atoms with Crippen LogP contribution in [0.4, 0.5) is 0 Å². The predicted octanol–water partition coefficient (Wildman–Crippen LogP) is 3.74. The number of halogens is 1. The van der Waals surface area contributed by atoms with Crippen molar-refractivity contribution in [3.63, 3.8) is 0 Å². The van der Waals surface area contributed by atoms with Gasteiger partial charge in [0.05, 0.1) is 29.7 Å². The summed E-state index contributed by atoms with van der Waals surface area (Å²) in [6.45, 7) is 0. The summed E-state index contributed by atoms with van der Waals surface area (Å²) >= 11 is 3.34. The number of ether oxygens (including phenoxy) is 2. The zero-order chi connectivity index (χ0) is 18.2. The summed E-state index contributed by atoms with van der Waals surface area (Å²) in [5, 5.41) is -0.292. The van der Waals surface area contributed by atoms with E-state index in [1.165, 1.54) is 14.2 Å². The van der Waals surface area contributed by atoms with Crippen molar-refractivity contribution in [3.8, 4) is 5.75 Å². The Morgan fingerprint density at radius 1 is 1.20 bits per heavy atom. The lowest BCUT2D eigenvalue weighted by Gasteiger charge is -2.41. The van der Waals surface area contributed by atoms with E-state index < -0.39 is 15.8 Å². The minimum absolute atomic E-state index is 0.158. The van der Waals surface area contributed by atoms with Crippen LogP contribution in [0.1, 0.15) is 48.0 Å². The van der Waals surface area contributed by atoms with Gasteiger partial charge in [0.15, 0.2) is 9.84 Å². The molecule has 7 heteroatoms. The summed E-state index contributed by atoms with van der Waals surface area (Å²) in [7, 11) is -0.620. The van der Waals surface area contributed by atoms with Gasteiger partial charge in [0.25, 0.3) is 0 Å². The Morgan fingerprint density at radius 3 is 2.40 bits per heavy atom. The average Bonchev–Trinajstić information content (AvgIpc) is 2.63. The summed E-state index contributed by atoms with van der Waals surface area (Å²) in [4.78, 5) is 12.2. The number of methoxy groups -OCH3 is 2. The first-order chi connectivity index (χ1) is 11.9. The van der Waals surface area contributed by atoms with Crippen LogP contribution in [0.5, 0.6) is 5.75 Å². The number of rotatable bonds is 5. The number of carbonyl (C=O) groups is 1. The molecule has 1 aromatic rings. The SMILES string of the molecule is COC(=O)c1c(CS(=O)(=O)C2CC3CCC2CC3)ccc(Br)c1OC. The predicted molar refractivity (Wildman–Crippen MR) is 98.5 cm³/mol. The summed E-state index contributed by atoms with van der Waals surface area (Å²) in [6.07, 6.45) is 5.06. The highest BCUT2D eigenvalue weighted by Crippen LogP contribution is 2.45. The van der Waals surface area contributed by atoms with Gasteiger partial charge in [-0.1, -0.05) is 18.9 Å². The Labute approximate surface area is 157 Å². The van der Waals surface area contributed by atoms with Gasteiger partial charge in [-0.15, -0.1) is 0 Å². The molecule has 3 aliphatic carbocycles. The van der Waals surface area contributed by atoms with E-state index in [1.54, 1.807) is 12.1 Å². The minimum atomic E-state index is -3.35. The third kappa shape index (κ3) is 3.58. The lowest BCUT2D eigenvalue weighted by atomic mass is 9.70. The topological polar surface area (TPSA) is 69.7 Å². The third-order valence-corrected chi connectivity index (χ3v) is 8.43. The molecule has 0 spiro atoms. The molecule has 5 nitrogen and oxygen atoms in total. The lowest BCUT2D eigenvalue weighted by Crippen LogP contribution is -2.41. The number of carbonyl (C=O) groups excluding carboxylic acids is 1. The molecule has 0 aromatic heterocycles. The number of esters is 1. The Morgan fingerprint density at radius 2 is 1.88 bits per heavy atom. The van der Waals surface area contributed by atoms with Crippen LogP contribution in [-0.4, -0.2) is 33.9 Å². The monoisotopic (exact) mass is 430 g/mol. The van der Waals surface area contributed by atoms with Crippen LogP contribution in [0.3, 0.4) is 0 Å². The first-order valence-electron chi connectivity index (χ1n) is 8.52. The van der Waals surface area contributed by atoms with Gasteiger partial charge in [-0.3, -0.25) is 0 Å². The Balaban J connectivity index is 1.95. The molecule has 0 radical (unpaired) electrons. The number of benzene rings is 1. The Hall–Kier alpha value is -1.08. The smallest absolute Gasteiger partial charge is 0.342 e. The third-order valence-electron chi connectivity index (χ3n) is 5.59. The van der Waals surface area contributed by atoms with Crippen molar-refractivity contribution in [2.24, 2.45) is 11.8 Å². The zero-order valence-electron chi connectivity index (χ0n) is 14.5. The molecule has 0 heterocycles. The molecule has 1 aromatic carbocycles. The van der Waals surface area contributed by atoms with Crippen molar-refractivity contribution < 1.29 is 22.7 Å². The van der Waals surface area contributed by atoms with E-state index in [4.69, 9.17) is 9.47 Å². The first-order valence-corrected chi connectivity index (χ1v) is 11.0. The molecule has 0 aliphatic heterocycles. The molecule has 0 saturated heterocycles. The first kappa shape index (κ1) is 18.7. The summed E-state index contributed by atoms with van der Waals surface area (Å²) in [5.74, 6) is 0.353. The van der Waals surface area contributed by atoms with Gasteiger partial charge in [0.2, 0.25) is 0 Å². The van der Waals surface area contributed by atoms with Crippen molar-refractivity contribution in [3.05, 3.63) is 27.7 Å². The van der Waals surface area contributed by atoms with Gasteiger partial charge < -0.3 is 9.47 Å². The van der Waals surface area contributed by atoms with Gasteiger partial charge in [-0.05, 0) is 58.7 Å². The molecule has 1 atom stereocenters. The van der Waals surface area contributed by atoms with Gasteiger partial charge >= 0.3 is 5.97 Å². The van der Waals surface area contributed by atoms with Crippen LogP contribution in [0.25, 0.3) is 0 Å². The average molecular weight is 431 g/mol. The molecule has 3 aliphatic rings. The molecule has 0 amide bonds. The van der Waals surface area contributed by atoms with E-state index in [1.807, 2.05) is 0 Å². The van der Waals surface area contributed by atoms with Crippen molar-refractivity contribution >= 4 is 31.7 Å². The van der Waals surface area contributed by atoms with Crippen LogP contribution in [-0.2, 0) is 20.3 Å². The van der Waals surface area contributed by atoms with E-state index in [-0.39, 0.29) is 22.5 Å². The fraction of sp³-hybridized carbons (Fsp3) is 0.611. The zero-order valence-corrected chi connectivity index (χ0v) is 16.9. The van der Waals surface area contributed by atoms with Crippen LogP contribution < -0.4 is 4.74 Å². The lowest BCUT2D eigenvalue weighted by molar-refractivity contribution is 0.0596. The molecule has 0 N–H and O–H groups in total.